The summed E-state index contributed by atoms with van der Waals surface area (Å²) in [4.78, 5) is 10.5. The van der Waals surface area contributed by atoms with E-state index in [4.69, 9.17) is 5.11 Å². The van der Waals surface area contributed by atoms with Crippen LogP contribution in [0.1, 0.15) is 20.3 Å². The molecule has 6 nitrogen and oxygen atoms in total. The maximum Gasteiger partial charge on any atom is 0.405 e. The Labute approximate surface area is 104 Å². The second-order valence-corrected chi connectivity index (χ2v) is 6.91. The minimum absolute atomic E-state index is 0.0113. The molecule has 0 aliphatic carbocycles. The van der Waals surface area contributed by atoms with Crippen molar-refractivity contribution in [3.05, 3.63) is 0 Å². The quantitative estimate of drug-likeness (QED) is 0.786. The lowest BCUT2D eigenvalue weighted by Gasteiger charge is -2.41. The van der Waals surface area contributed by atoms with Gasteiger partial charge in [-0.05, 0) is 26.2 Å². The van der Waals surface area contributed by atoms with Crippen LogP contribution in [0, 0.1) is 5.92 Å². The van der Waals surface area contributed by atoms with Crippen molar-refractivity contribution < 1.29 is 27.1 Å². The lowest BCUT2D eigenvalue weighted by molar-refractivity contribution is 0.129. The molecule has 0 spiro atoms. The maximum atomic E-state index is 12.2. The first-order chi connectivity index (χ1) is 8.04. The minimum atomic E-state index is -4.49. The van der Waals surface area contributed by atoms with E-state index in [-0.39, 0.29) is 19.0 Å². The standard InChI is InChI=1S/C9H16F2N2O4S/c1-9(2,12-8(14)15)3-6-4-13(5-6)18(16,17)7(10)11/h6-7,12H,3-5H2,1-2H3,(H,14,15). The Balaban J connectivity index is 2.47. The highest BCUT2D eigenvalue weighted by Crippen LogP contribution is 2.29. The summed E-state index contributed by atoms with van der Waals surface area (Å²) in [5.41, 5.74) is -0.711. The molecule has 1 aliphatic rings. The molecule has 1 rings (SSSR count). The summed E-state index contributed by atoms with van der Waals surface area (Å²) >= 11 is 0. The average molecular weight is 286 g/mol. The number of halogens is 2. The summed E-state index contributed by atoms with van der Waals surface area (Å²) in [5.74, 6) is -3.51. The molecule has 0 aromatic heterocycles. The summed E-state index contributed by atoms with van der Waals surface area (Å²) in [6, 6.07) is 0. The fourth-order valence-electron chi connectivity index (χ4n) is 2.03. The van der Waals surface area contributed by atoms with Crippen LogP contribution < -0.4 is 5.32 Å². The average Bonchev–Trinajstić information content (AvgIpc) is 2.07. The summed E-state index contributed by atoms with van der Waals surface area (Å²) in [6.07, 6.45) is -0.773. The second kappa shape index (κ2) is 4.96. The van der Waals surface area contributed by atoms with Crippen LogP contribution in [0.3, 0.4) is 0 Å². The van der Waals surface area contributed by atoms with Crippen LogP contribution in [0.2, 0.25) is 0 Å². The highest BCUT2D eigenvalue weighted by Gasteiger charge is 2.42. The number of carbonyl (C=O) groups is 1. The first kappa shape index (κ1) is 15.1. The Morgan fingerprint density at radius 2 is 2.00 bits per heavy atom. The molecule has 0 radical (unpaired) electrons. The van der Waals surface area contributed by atoms with Crippen molar-refractivity contribution in [2.24, 2.45) is 5.92 Å². The Morgan fingerprint density at radius 1 is 1.50 bits per heavy atom. The highest BCUT2D eigenvalue weighted by molar-refractivity contribution is 7.89. The van der Waals surface area contributed by atoms with E-state index in [1.807, 2.05) is 0 Å². The maximum absolute atomic E-state index is 12.2. The van der Waals surface area contributed by atoms with Crippen LogP contribution in [-0.4, -0.2) is 48.3 Å². The van der Waals surface area contributed by atoms with Gasteiger partial charge in [0.05, 0.1) is 0 Å². The first-order valence-corrected chi connectivity index (χ1v) is 6.83. The number of rotatable bonds is 5. The number of nitrogens with one attached hydrogen (secondary N) is 1. The van der Waals surface area contributed by atoms with Crippen molar-refractivity contribution in [3.8, 4) is 0 Å². The molecule has 1 heterocycles. The molecule has 1 aliphatic heterocycles. The Kier molecular flexibility index (Phi) is 4.16. The number of alkyl halides is 2. The van der Waals surface area contributed by atoms with Gasteiger partial charge in [0.25, 0.3) is 10.0 Å². The van der Waals surface area contributed by atoms with Crippen molar-refractivity contribution in [2.45, 2.75) is 31.6 Å². The lowest BCUT2D eigenvalue weighted by atomic mass is 9.87. The third-order valence-corrected chi connectivity index (χ3v) is 4.22. The van der Waals surface area contributed by atoms with E-state index in [0.717, 1.165) is 4.31 Å². The van der Waals surface area contributed by atoms with E-state index in [0.29, 0.717) is 6.42 Å². The number of hydrogen-bond donors (Lipinski definition) is 2. The second-order valence-electron chi connectivity index (χ2n) is 5.01. The largest absolute Gasteiger partial charge is 0.465 e. The van der Waals surface area contributed by atoms with Gasteiger partial charge in [0.15, 0.2) is 0 Å². The van der Waals surface area contributed by atoms with Gasteiger partial charge in [0.1, 0.15) is 0 Å². The van der Waals surface area contributed by atoms with E-state index < -0.39 is 27.4 Å². The topological polar surface area (TPSA) is 86.7 Å². The van der Waals surface area contributed by atoms with Gasteiger partial charge < -0.3 is 10.4 Å². The van der Waals surface area contributed by atoms with Gasteiger partial charge in [-0.25, -0.2) is 13.2 Å². The zero-order valence-corrected chi connectivity index (χ0v) is 10.9. The van der Waals surface area contributed by atoms with Gasteiger partial charge >= 0.3 is 11.9 Å². The first-order valence-electron chi connectivity index (χ1n) is 5.33. The van der Waals surface area contributed by atoms with Gasteiger partial charge in [0, 0.05) is 18.6 Å². The lowest BCUT2D eigenvalue weighted by Crippen LogP contribution is -2.55. The van der Waals surface area contributed by atoms with Crippen molar-refractivity contribution >= 4 is 16.1 Å². The van der Waals surface area contributed by atoms with E-state index in [9.17, 15) is 22.0 Å². The molecule has 0 unspecified atom stereocenters. The fourth-order valence-corrected chi connectivity index (χ4v) is 3.10. The molecule has 0 bridgehead atoms. The van der Waals surface area contributed by atoms with E-state index in [2.05, 4.69) is 5.32 Å². The summed E-state index contributed by atoms with van der Waals surface area (Å²) in [6.45, 7) is 3.34. The van der Waals surface area contributed by atoms with Gasteiger partial charge in [-0.1, -0.05) is 0 Å². The number of sulfonamides is 1. The molecule has 1 fully saturated rings. The molecular weight excluding hydrogens is 270 g/mol. The summed E-state index contributed by atoms with van der Waals surface area (Å²) < 4.78 is 47.3. The molecule has 1 amide bonds. The van der Waals surface area contributed by atoms with E-state index in [1.54, 1.807) is 13.8 Å². The molecule has 18 heavy (non-hydrogen) atoms. The van der Waals surface area contributed by atoms with Crippen LogP contribution >= 0.6 is 0 Å². The molecule has 0 saturated carbocycles. The molecule has 9 heteroatoms. The third kappa shape index (κ3) is 3.52. The van der Waals surface area contributed by atoms with Crippen molar-refractivity contribution in [1.82, 2.24) is 9.62 Å². The Bertz CT molecular complexity index is 418. The molecule has 0 atom stereocenters. The highest BCUT2D eigenvalue weighted by atomic mass is 32.2. The molecule has 1 saturated heterocycles. The fraction of sp³-hybridized carbons (Fsp3) is 0.889. The predicted octanol–water partition coefficient (Wildman–Crippen LogP) is 0.907. The molecular formula is C9H16F2N2O4S. The Hall–Kier alpha value is -0.960. The minimum Gasteiger partial charge on any atom is -0.465 e. The Morgan fingerprint density at radius 3 is 2.39 bits per heavy atom. The van der Waals surface area contributed by atoms with Crippen molar-refractivity contribution in [3.63, 3.8) is 0 Å². The van der Waals surface area contributed by atoms with E-state index in [1.165, 1.54) is 0 Å². The zero-order valence-electron chi connectivity index (χ0n) is 10.1. The van der Waals surface area contributed by atoms with Crippen molar-refractivity contribution in [2.75, 3.05) is 13.1 Å². The number of nitrogens with zero attached hydrogens (tertiary/aromatic N) is 1. The number of amides is 1. The van der Waals surface area contributed by atoms with Crippen LogP contribution in [0.25, 0.3) is 0 Å². The normalized spacial score (nSPS) is 18.7. The summed E-state index contributed by atoms with van der Waals surface area (Å²) in [7, 11) is -4.49. The van der Waals surface area contributed by atoms with Crippen molar-refractivity contribution in [1.29, 1.82) is 0 Å². The zero-order chi connectivity index (χ0) is 14.1. The smallest absolute Gasteiger partial charge is 0.405 e. The summed E-state index contributed by atoms with van der Waals surface area (Å²) in [5, 5.41) is 10.9. The van der Waals surface area contributed by atoms with Gasteiger partial charge in [-0.15, -0.1) is 0 Å². The van der Waals surface area contributed by atoms with Gasteiger partial charge in [-0.3, -0.25) is 0 Å². The van der Waals surface area contributed by atoms with Crippen LogP contribution in [-0.2, 0) is 10.0 Å². The van der Waals surface area contributed by atoms with Gasteiger partial charge in [0.2, 0.25) is 0 Å². The number of hydrogen-bond acceptors (Lipinski definition) is 3. The van der Waals surface area contributed by atoms with Crippen LogP contribution in [0.5, 0.6) is 0 Å². The number of carboxylic acid groups (broad SMARTS) is 1. The van der Waals surface area contributed by atoms with Crippen LogP contribution in [0.4, 0.5) is 13.6 Å². The van der Waals surface area contributed by atoms with E-state index >= 15 is 0 Å². The third-order valence-electron chi connectivity index (χ3n) is 2.75. The molecule has 0 aromatic rings. The van der Waals surface area contributed by atoms with Crippen LogP contribution in [0.15, 0.2) is 0 Å². The monoisotopic (exact) mass is 286 g/mol. The predicted molar refractivity (Wildman–Crippen MR) is 59.8 cm³/mol. The molecule has 2 N–H and O–H groups in total. The molecule has 0 aromatic carbocycles. The SMILES string of the molecule is CC(C)(CC1CN(S(=O)(=O)C(F)F)C1)NC(=O)O. The molecule has 106 valence electrons. The van der Waals surface area contributed by atoms with Gasteiger partial charge in [-0.2, -0.15) is 13.1 Å².